The number of hydrogen-bond donors (Lipinski definition) is 1. The lowest BCUT2D eigenvalue weighted by molar-refractivity contribution is -0.0370. The van der Waals surface area contributed by atoms with E-state index in [1.165, 1.54) is 6.42 Å². The van der Waals surface area contributed by atoms with E-state index < -0.39 is 8.32 Å². The molecule has 1 aromatic carbocycles. The highest BCUT2D eigenvalue weighted by Gasteiger charge is 2.37. The minimum absolute atomic E-state index is 0.000304. The number of nitrogens with two attached hydrogens (primary N) is 1. The number of aromatic nitrogens is 2. The molecule has 138 valence electrons. The Bertz CT molecular complexity index is 743. The molecule has 2 N–H and O–H groups in total. The van der Waals surface area contributed by atoms with E-state index in [2.05, 4.69) is 39.9 Å². The molecule has 1 fully saturated rings. The van der Waals surface area contributed by atoms with Crippen molar-refractivity contribution >= 4 is 24.9 Å². The van der Waals surface area contributed by atoms with E-state index in [9.17, 15) is 0 Å². The second-order valence-corrected chi connectivity index (χ2v) is 13.3. The summed E-state index contributed by atoms with van der Waals surface area (Å²) in [6.45, 7) is 12.6. The predicted molar refractivity (Wildman–Crippen MR) is 105 cm³/mol. The number of anilines is 1. The molecule has 0 amide bonds. The van der Waals surface area contributed by atoms with Gasteiger partial charge < -0.3 is 14.9 Å². The van der Waals surface area contributed by atoms with Crippen molar-refractivity contribution in [3.05, 3.63) is 23.9 Å². The van der Waals surface area contributed by atoms with E-state index in [1.54, 1.807) is 0 Å². The van der Waals surface area contributed by atoms with Crippen LogP contribution in [-0.2, 0) is 15.8 Å². The summed E-state index contributed by atoms with van der Waals surface area (Å²) < 4.78 is 14.4. The van der Waals surface area contributed by atoms with Crippen molar-refractivity contribution in [2.75, 3.05) is 12.3 Å². The van der Waals surface area contributed by atoms with E-state index in [1.807, 2.05) is 16.8 Å². The van der Waals surface area contributed by atoms with E-state index in [-0.39, 0.29) is 11.3 Å². The zero-order valence-corrected chi connectivity index (χ0v) is 17.1. The largest absolute Gasteiger partial charge is 0.411 e. The van der Waals surface area contributed by atoms with Crippen molar-refractivity contribution in [1.29, 1.82) is 0 Å². The van der Waals surface area contributed by atoms with Crippen LogP contribution in [0.5, 0.6) is 0 Å². The van der Waals surface area contributed by atoms with Gasteiger partial charge in [-0.3, -0.25) is 0 Å². The lowest BCUT2D eigenvalue weighted by Crippen LogP contribution is -2.40. The highest BCUT2D eigenvalue weighted by atomic mass is 28.4. The normalized spacial score (nSPS) is 19.5. The molecule has 2 heterocycles. The summed E-state index contributed by atoms with van der Waals surface area (Å²) in [5, 5.41) is 6.17. The summed E-state index contributed by atoms with van der Waals surface area (Å²) in [5.74, 6) is 0. The number of rotatable bonds is 4. The summed E-state index contributed by atoms with van der Waals surface area (Å²) in [7, 11) is -1.82. The number of ether oxygens (including phenoxy) is 1. The van der Waals surface area contributed by atoms with Crippen molar-refractivity contribution in [1.82, 2.24) is 9.78 Å². The van der Waals surface area contributed by atoms with Gasteiger partial charge in [-0.2, -0.15) is 5.10 Å². The summed E-state index contributed by atoms with van der Waals surface area (Å²) in [5.41, 5.74) is 8.80. The molecule has 1 unspecified atom stereocenters. The van der Waals surface area contributed by atoms with Crippen LogP contribution in [0.1, 0.15) is 52.0 Å². The van der Waals surface area contributed by atoms with Gasteiger partial charge in [0.05, 0.1) is 17.8 Å². The van der Waals surface area contributed by atoms with Crippen molar-refractivity contribution in [2.45, 2.75) is 71.0 Å². The number of nitrogen functional groups attached to an aromatic ring is 1. The molecule has 0 bridgehead atoms. The second-order valence-electron chi connectivity index (χ2n) is 8.54. The number of nitrogens with zero attached hydrogens (tertiary/aromatic N) is 2. The fourth-order valence-electron chi connectivity index (χ4n) is 2.93. The Morgan fingerprint density at radius 2 is 2.08 bits per heavy atom. The first kappa shape index (κ1) is 18.4. The fourth-order valence-corrected chi connectivity index (χ4v) is 3.86. The Balaban J connectivity index is 1.93. The van der Waals surface area contributed by atoms with Crippen LogP contribution in [0.25, 0.3) is 10.9 Å². The van der Waals surface area contributed by atoms with Crippen molar-refractivity contribution in [3.63, 3.8) is 0 Å². The van der Waals surface area contributed by atoms with Gasteiger partial charge in [0.25, 0.3) is 0 Å². The Hall–Kier alpha value is -1.37. The number of benzene rings is 1. The van der Waals surface area contributed by atoms with Gasteiger partial charge in [-0.15, -0.1) is 0 Å². The lowest BCUT2D eigenvalue weighted by Gasteiger charge is -2.35. The topological polar surface area (TPSA) is 62.3 Å². The maximum absolute atomic E-state index is 6.41. The second kappa shape index (κ2) is 6.74. The molecule has 1 atom stereocenters. The Morgan fingerprint density at radius 3 is 2.72 bits per heavy atom. The lowest BCUT2D eigenvalue weighted by atomic mass is 10.1. The summed E-state index contributed by atoms with van der Waals surface area (Å²) in [4.78, 5) is 0. The summed E-state index contributed by atoms with van der Waals surface area (Å²) in [6.07, 6.45) is 3.29. The van der Waals surface area contributed by atoms with Crippen LogP contribution in [-0.4, -0.2) is 24.7 Å². The zero-order chi connectivity index (χ0) is 18.2. The maximum atomic E-state index is 6.41. The molecule has 2 aromatic rings. The van der Waals surface area contributed by atoms with Gasteiger partial charge in [0.1, 0.15) is 0 Å². The smallest absolute Gasteiger partial charge is 0.192 e. The molecular formula is C19H31N3O2Si. The van der Waals surface area contributed by atoms with Gasteiger partial charge in [-0.1, -0.05) is 20.8 Å². The minimum Gasteiger partial charge on any atom is -0.411 e. The molecule has 25 heavy (non-hydrogen) atoms. The molecule has 0 spiro atoms. The number of fused-ring (bicyclic) bond motifs is 1. The van der Waals surface area contributed by atoms with Crippen LogP contribution >= 0.6 is 0 Å². The molecule has 0 aliphatic carbocycles. The van der Waals surface area contributed by atoms with Crippen molar-refractivity contribution in [2.24, 2.45) is 0 Å². The third-order valence-corrected chi connectivity index (χ3v) is 10.1. The minimum atomic E-state index is -1.82. The Kier molecular flexibility index (Phi) is 4.97. The monoisotopic (exact) mass is 361 g/mol. The average molecular weight is 362 g/mol. The quantitative estimate of drug-likeness (QED) is 0.625. The van der Waals surface area contributed by atoms with Crippen molar-refractivity contribution in [3.8, 4) is 0 Å². The SMILES string of the molecule is CC(C)(C)[Si](C)(C)OCc1nn(C2CCCCO2)c2cc(N)ccc12. The average Bonchev–Trinajstić information content (AvgIpc) is 2.90. The molecule has 1 aromatic heterocycles. The van der Waals surface area contributed by atoms with Crippen LogP contribution < -0.4 is 5.73 Å². The van der Waals surface area contributed by atoms with Crippen LogP contribution in [0.3, 0.4) is 0 Å². The molecule has 3 rings (SSSR count). The van der Waals surface area contributed by atoms with Crippen LogP contribution in [0.2, 0.25) is 18.1 Å². The molecule has 0 radical (unpaired) electrons. The number of hydrogen-bond acceptors (Lipinski definition) is 4. The van der Waals surface area contributed by atoms with E-state index in [0.717, 1.165) is 41.7 Å². The zero-order valence-electron chi connectivity index (χ0n) is 16.1. The van der Waals surface area contributed by atoms with Gasteiger partial charge in [0, 0.05) is 17.7 Å². The molecular weight excluding hydrogens is 330 g/mol. The van der Waals surface area contributed by atoms with Gasteiger partial charge in [0.15, 0.2) is 14.5 Å². The molecule has 1 aliphatic rings. The van der Waals surface area contributed by atoms with Crippen LogP contribution in [0.4, 0.5) is 5.69 Å². The Labute approximate surface area is 151 Å². The fraction of sp³-hybridized carbons (Fsp3) is 0.632. The summed E-state index contributed by atoms with van der Waals surface area (Å²) in [6, 6.07) is 5.99. The Morgan fingerprint density at radius 1 is 1.32 bits per heavy atom. The predicted octanol–water partition coefficient (Wildman–Crippen LogP) is 4.84. The first-order valence-corrected chi connectivity index (χ1v) is 12.1. The third kappa shape index (κ3) is 3.76. The standard InChI is InChI=1S/C19H31N3O2Si/c1-19(2,3)25(4,5)24-13-16-15-10-9-14(20)12-17(15)22(21-16)18-8-6-7-11-23-18/h9-10,12,18H,6-8,11,13,20H2,1-5H3. The molecule has 6 heteroatoms. The van der Waals surface area contributed by atoms with E-state index >= 15 is 0 Å². The molecule has 1 aliphatic heterocycles. The molecule has 1 saturated heterocycles. The highest BCUT2D eigenvalue weighted by Crippen LogP contribution is 2.37. The highest BCUT2D eigenvalue weighted by molar-refractivity contribution is 6.74. The van der Waals surface area contributed by atoms with E-state index in [4.69, 9.17) is 20.0 Å². The van der Waals surface area contributed by atoms with Crippen molar-refractivity contribution < 1.29 is 9.16 Å². The first-order valence-electron chi connectivity index (χ1n) is 9.21. The van der Waals surface area contributed by atoms with Crippen LogP contribution in [0.15, 0.2) is 18.2 Å². The van der Waals surface area contributed by atoms with Gasteiger partial charge in [-0.05, 0) is 55.6 Å². The van der Waals surface area contributed by atoms with Gasteiger partial charge >= 0.3 is 0 Å². The maximum Gasteiger partial charge on any atom is 0.192 e. The van der Waals surface area contributed by atoms with Gasteiger partial charge in [-0.25, -0.2) is 4.68 Å². The first-order chi connectivity index (χ1) is 11.7. The van der Waals surface area contributed by atoms with Crippen LogP contribution in [0, 0.1) is 0 Å². The summed E-state index contributed by atoms with van der Waals surface area (Å²) >= 11 is 0. The van der Waals surface area contributed by atoms with Gasteiger partial charge in [0.2, 0.25) is 0 Å². The molecule has 5 nitrogen and oxygen atoms in total. The van der Waals surface area contributed by atoms with E-state index in [0.29, 0.717) is 6.61 Å². The third-order valence-electron chi connectivity index (χ3n) is 5.61. The molecule has 0 saturated carbocycles.